The van der Waals surface area contributed by atoms with Crippen molar-refractivity contribution < 1.29 is 14.3 Å². The summed E-state index contributed by atoms with van der Waals surface area (Å²) in [6, 6.07) is 5.38. The highest BCUT2D eigenvalue weighted by molar-refractivity contribution is 5.81. The van der Waals surface area contributed by atoms with Crippen molar-refractivity contribution in [3.8, 4) is 0 Å². The zero-order valence-corrected chi connectivity index (χ0v) is 11.8. The Balaban J connectivity index is 1.87. The van der Waals surface area contributed by atoms with E-state index >= 15 is 0 Å². The number of carbonyl (C=O) groups excluding carboxylic acids is 1. The number of benzene rings is 1. The molecule has 0 aliphatic heterocycles. The van der Waals surface area contributed by atoms with Crippen molar-refractivity contribution in [2.75, 3.05) is 6.54 Å². The predicted octanol–water partition coefficient (Wildman–Crippen LogP) is 1.43. The van der Waals surface area contributed by atoms with Crippen molar-refractivity contribution in [3.05, 3.63) is 53.9 Å². The summed E-state index contributed by atoms with van der Waals surface area (Å²) < 4.78 is 15.0. The van der Waals surface area contributed by atoms with E-state index in [9.17, 15) is 14.3 Å². The van der Waals surface area contributed by atoms with E-state index in [1.807, 2.05) is 17.7 Å². The highest BCUT2D eigenvalue weighted by atomic mass is 19.1. The summed E-state index contributed by atoms with van der Waals surface area (Å²) in [6.07, 6.45) is 3.00. The zero-order chi connectivity index (χ0) is 15.2. The average Bonchev–Trinajstić information content (AvgIpc) is 2.93. The Morgan fingerprint density at radius 1 is 1.52 bits per heavy atom. The van der Waals surface area contributed by atoms with Gasteiger partial charge in [-0.1, -0.05) is 19.1 Å². The number of rotatable bonds is 6. The molecule has 0 fully saturated rings. The first-order valence-corrected chi connectivity index (χ1v) is 6.83. The first-order chi connectivity index (χ1) is 10.1. The molecule has 0 radical (unpaired) electrons. The Bertz CT molecular complexity index is 612. The zero-order valence-electron chi connectivity index (χ0n) is 11.8. The number of nitrogens with one attached hydrogen (secondary N) is 1. The molecule has 0 saturated heterocycles. The standard InChI is InChI=1S/C15H18FN3O2/c1-2-13-17-6-8-19(13)9-7-18-15(21)14(20)11-4-3-5-12(16)10-11/h3-6,8,10,14,20H,2,7,9H2,1H3,(H,18,21)/t14-/m1/s1. The summed E-state index contributed by atoms with van der Waals surface area (Å²) >= 11 is 0. The maximum absolute atomic E-state index is 13.1. The van der Waals surface area contributed by atoms with Crippen LogP contribution >= 0.6 is 0 Å². The lowest BCUT2D eigenvalue weighted by Crippen LogP contribution is -2.32. The molecule has 2 rings (SSSR count). The lowest BCUT2D eigenvalue weighted by molar-refractivity contribution is -0.129. The summed E-state index contributed by atoms with van der Waals surface area (Å²) in [6.45, 7) is 2.95. The number of aromatic nitrogens is 2. The second kappa shape index (κ2) is 6.99. The monoisotopic (exact) mass is 291 g/mol. The minimum atomic E-state index is -1.37. The number of nitrogens with zero attached hydrogens (tertiary/aromatic N) is 2. The van der Waals surface area contributed by atoms with Gasteiger partial charge >= 0.3 is 0 Å². The molecule has 2 aromatic rings. The van der Waals surface area contributed by atoms with Gasteiger partial charge in [0.05, 0.1) is 0 Å². The molecule has 5 nitrogen and oxygen atoms in total. The van der Waals surface area contributed by atoms with Crippen molar-refractivity contribution in [1.82, 2.24) is 14.9 Å². The summed E-state index contributed by atoms with van der Waals surface area (Å²) in [5.41, 5.74) is 0.240. The molecule has 112 valence electrons. The van der Waals surface area contributed by atoms with Gasteiger partial charge in [0.25, 0.3) is 5.91 Å². The largest absolute Gasteiger partial charge is 0.378 e. The van der Waals surface area contributed by atoms with E-state index in [1.165, 1.54) is 18.2 Å². The van der Waals surface area contributed by atoms with Crippen LogP contribution in [0.1, 0.15) is 24.4 Å². The number of imidazole rings is 1. The summed E-state index contributed by atoms with van der Waals surface area (Å²) in [5, 5.41) is 12.5. The van der Waals surface area contributed by atoms with Gasteiger partial charge in [0.2, 0.25) is 0 Å². The molecule has 1 atom stereocenters. The molecule has 1 aromatic heterocycles. The van der Waals surface area contributed by atoms with Crippen LogP contribution in [0.25, 0.3) is 0 Å². The fourth-order valence-corrected chi connectivity index (χ4v) is 2.08. The Kier molecular flexibility index (Phi) is 5.05. The van der Waals surface area contributed by atoms with Crippen molar-refractivity contribution in [1.29, 1.82) is 0 Å². The Hall–Kier alpha value is -2.21. The predicted molar refractivity (Wildman–Crippen MR) is 76.0 cm³/mol. The van der Waals surface area contributed by atoms with Crippen LogP contribution in [0, 0.1) is 5.82 Å². The number of hydrogen-bond donors (Lipinski definition) is 2. The smallest absolute Gasteiger partial charge is 0.253 e. The molecule has 0 bridgehead atoms. The van der Waals surface area contributed by atoms with Crippen LogP contribution in [0.5, 0.6) is 0 Å². The van der Waals surface area contributed by atoms with E-state index in [0.29, 0.717) is 13.1 Å². The van der Waals surface area contributed by atoms with Crippen LogP contribution in [0.4, 0.5) is 4.39 Å². The molecule has 1 aromatic carbocycles. The SMILES string of the molecule is CCc1nccn1CCNC(=O)[C@H](O)c1cccc(F)c1. The van der Waals surface area contributed by atoms with Crippen LogP contribution in [0.2, 0.25) is 0 Å². The molecule has 1 amide bonds. The molecule has 0 unspecified atom stereocenters. The first-order valence-electron chi connectivity index (χ1n) is 6.83. The van der Waals surface area contributed by atoms with Gasteiger partial charge in [-0.2, -0.15) is 0 Å². The van der Waals surface area contributed by atoms with Crippen molar-refractivity contribution >= 4 is 5.91 Å². The molecule has 0 aliphatic carbocycles. The average molecular weight is 291 g/mol. The fraction of sp³-hybridized carbons (Fsp3) is 0.333. The number of aliphatic hydroxyl groups is 1. The molecule has 2 N–H and O–H groups in total. The van der Waals surface area contributed by atoms with Gasteiger partial charge < -0.3 is 15.0 Å². The molecule has 0 aliphatic rings. The Labute approximate surface area is 122 Å². The quantitative estimate of drug-likeness (QED) is 0.846. The molecular weight excluding hydrogens is 273 g/mol. The van der Waals surface area contributed by atoms with Gasteiger partial charge in [-0.25, -0.2) is 9.37 Å². The van der Waals surface area contributed by atoms with E-state index in [2.05, 4.69) is 10.3 Å². The normalized spacial score (nSPS) is 12.1. The van der Waals surface area contributed by atoms with Crippen LogP contribution in [-0.4, -0.2) is 27.1 Å². The minimum Gasteiger partial charge on any atom is -0.378 e. The van der Waals surface area contributed by atoms with Gasteiger partial charge in [-0.15, -0.1) is 0 Å². The number of hydrogen-bond acceptors (Lipinski definition) is 3. The first kappa shape index (κ1) is 15.2. The Morgan fingerprint density at radius 2 is 2.33 bits per heavy atom. The van der Waals surface area contributed by atoms with Crippen molar-refractivity contribution in [2.24, 2.45) is 0 Å². The third-order valence-electron chi connectivity index (χ3n) is 3.18. The summed E-state index contributed by atoms with van der Waals surface area (Å²) in [5.74, 6) is -0.0842. The van der Waals surface area contributed by atoms with Crippen LogP contribution < -0.4 is 5.32 Å². The fourth-order valence-electron chi connectivity index (χ4n) is 2.08. The number of carbonyl (C=O) groups is 1. The lowest BCUT2D eigenvalue weighted by atomic mass is 10.1. The van der Waals surface area contributed by atoms with Crippen molar-refractivity contribution in [3.63, 3.8) is 0 Å². The highest BCUT2D eigenvalue weighted by Gasteiger charge is 2.17. The van der Waals surface area contributed by atoms with Gasteiger partial charge in [0.15, 0.2) is 6.10 Å². The highest BCUT2D eigenvalue weighted by Crippen LogP contribution is 2.13. The summed E-state index contributed by atoms with van der Waals surface area (Å²) in [4.78, 5) is 16.0. The topological polar surface area (TPSA) is 67.2 Å². The van der Waals surface area contributed by atoms with Crippen LogP contribution in [-0.2, 0) is 17.8 Å². The maximum atomic E-state index is 13.1. The number of aliphatic hydroxyl groups excluding tert-OH is 1. The van der Waals surface area contributed by atoms with E-state index in [-0.39, 0.29) is 5.56 Å². The minimum absolute atomic E-state index is 0.240. The van der Waals surface area contributed by atoms with Gasteiger partial charge in [0.1, 0.15) is 11.6 Å². The number of amides is 1. The Morgan fingerprint density at radius 3 is 3.05 bits per heavy atom. The number of halogens is 1. The van der Waals surface area contributed by atoms with E-state index in [0.717, 1.165) is 18.3 Å². The van der Waals surface area contributed by atoms with E-state index in [1.54, 1.807) is 6.20 Å². The van der Waals surface area contributed by atoms with E-state index in [4.69, 9.17) is 0 Å². The third-order valence-corrected chi connectivity index (χ3v) is 3.18. The van der Waals surface area contributed by atoms with Crippen molar-refractivity contribution in [2.45, 2.75) is 26.0 Å². The second-order valence-electron chi connectivity index (χ2n) is 4.64. The summed E-state index contributed by atoms with van der Waals surface area (Å²) in [7, 11) is 0. The molecule has 6 heteroatoms. The molecular formula is C15H18FN3O2. The van der Waals surface area contributed by atoms with Crippen LogP contribution in [0.3, 0.4) is 0 Å². The molecule has 0 saturated carbocycles. The lowest BCUT2D eigenvalue weighted by Gasteiger charge is -2.12. The van der Waals surface area contributed by atoms with E-state index < -0.39 is 17.8 Å². The number of aryl methyl sites for hydroxylation is 1. The molecule has 21 heavy (non-hydrogen) atoms. The second-order valence-corrected chi connectivity index (χ2v) is 4.64. The van der Waals surface area contributed by atoms with Crippen LogP contribution in [0.15, 0.2) is 36.7 Å². The molecule has 0 spiro atoms. The van der Waals surface area contributed by atoms with Gasteiger partial charge in [-0.05, 0) is 17.7 Å². The van der Waals surface area contributed by atoms with Gasteiger partial charge in [-0.3, -0.25) is 4.79 Å². The third kappa shape index (κ3) is 3.88. The maximum Gasteiger partial charge on any atom is 0.253 e. The molecule has 1 heterocycles. The van der Waals surface area contributed by atoms with Gasteiger partial charge in [0, 0.05) is 31.9 Å².